The van der Waals surface area contributed by atoms with Crippen LogP contribution in [0, 0.1) is 11.8 Å². The average molecular weight is 425 g/mol. The van der Waals surface area contributed by atoms with Gasteiger partial charge in [-0.05, 0) is 43.7 Å². The molecule has 0 fully saturated rings. The zero-order valence-electron chi connectivity index (χ0n) is 16.9. The van der Waals surface area contributed by atoms with Crippen LogP contribution in [0.1, 0.15) is 61.1 Å². The number of unbranched alkanes of at least 4 members (excludes halogenated alkanes) is 1. The summed E-state index contributed by atoms with van der Waals surface area (Å²) in [4.78, 5) is 8.25. The fourth-order valence-corrected chi connectivity index (χ4v) is 5.36. The van der Waals surface area contributed by atoms with Crippen molar-refractivity contribution in [2.75, 3.05) is 11.9 Å². The Labute approximate surface area is 181 Å². The zero-order chi connectivity index (χ0) is 20.2. The second kappa shape index (κ2) is 9.07. The lowest BCUT2D eigenvalue weighted by atomic mass is 9.91. The minimum atomic E-state index is 0.505. The number of pyridine rings is 1. The highest BCUT2D eigenvalue weighted by Crippen LogP contribution is 2.44. The van der Waals surface area contributed by atoms with E-state index in [1.54, 1.807) is 6.26 Å². The largest absolute Gasteiger partial charge is 0.467 e. The normalized spacial score (nSPS) is 16.0. The Hall–Kier alpha value is -2.22. The van der Waals surface area contributed by atoms with E-state index in [1.807, 2.05) is 29.5 Å². The third kappa shape index (κ3) is 4.37. The van der Waals surface area contributed by atoms with E-state index in [0.29, 0.717) is 17.6 Å². The van der Waals surface area contributed by atoms with Gasteiger partial charge in [0.15, 0.2) is 0 Å². The van der Waals surface area contributed by atoms with Crippen LogP contribution in [0.25, 0.3) is 10.2 Å². The molecule has 0 N–H and O–H groups in total. The maximum Gasteiger partial charge on any atom is 0.131 e. The maximum absolute atomic E-state index is 6.46. The Kier molecular flexibility index (Phi) is 6.28. The Morgan fingerprint density at radius 2 is 2.28 bits per heavy atom. The number of rotatable bonds is 5. The molecule has 29 heavy (non-hydrogen) atoms. The fourth-order valence-electron chi connectivity index (χ4n) is 3.76. The molecule has 150 valence electrons. The molecule has 0 spiro atoms. The predicted molar refractivity (Wildman–Crippen MR) is 123 cm³/mol. The van der Waals surface area contributed by atoms with Crippen LogP contribution >= 0.6 is 22.9 Å². The molecular weight excluding hydrogens is 400 g/mol. The Morgan fingerprint density at radius 1 is 1.38 bits per heavy atom. The highest BCUT2D eigenvalue weighted by molar-refractivity contribution is 7.20. The monoisotopic (exact) mass is 424 g/mol. The molecule has 4 rings (SSSR count). The third-order valence-electron chi connectivity index (χ3n) is 5.23. The van der Waals surface area contributed by atoms with Crippen LogP contribution in [0.4, 0.5) is 5.69 Å². The van der Waals surface area contributed by atoms with Crippen molar-refractivity contribution in [1.82, 2.24) is 4.98 Å². The van der Waals surface area contributed by atoms with Crippen LogP contribution in [-0.2, 0) is 6.54 Å². The topological polar surface area (TPSA) is 29.3 Å². The lowest BCUT2D eigenvalue weighted by Crippen LogP contribution is -2.16. The maximum atomic E-state index is 6.46. The molecule has 1 unspecified atom stereocenters. The number of hydrogen-bond acceptors (Lipinski definition) is 4. The van der Waals surface area contributed by atoms with Gasteiger partial charge in [0.1, 0.15) is 16.4 Å². The van der Waals surface area contributed by atoms with E-state index < -0.39 is 0 Å². The Morgan fingerprint density at radius 3 is 3.00 bits per heavy atom. The van der Waals surface area contributed by atoms with Gasteiger partial charge in [-0.2, -0.15) is 0 Å². The zero-order valence-corrected chi connectivity index (χ0v) is 18.4. The van der Waals surface area contributed by atoms with Gasteiger partial charge in [0.2, 0.25) is 0 Å². The first-order valence-electron chi connectivity index (χ1n) is 10.2. The van der Waals surface area contributed by atoms with Crippen molar-refractivity contribution in [2.24, 2.45) is 0 Å². The van der Waals surface area contributed by atoms with Gasteiger partial charge in [0.25, 0.3) is 0 Å². The van der Waals surface area contributed by atoms with E-state index in [4.69, 9.17) is 21.0 Å². The molecule has 0 amide bonds. The van der Waals surface area contributed by atoms with Crippen LogP contribution in [0.2, 0.25) is 5.15 Å². The number of nitrogens with zero attached hydrogens (tertiary/aromatic N) is 2. The Balaban J connectivity index is 1.83. The standard InChI is InChI=1S/C24H25ClN2OS/c1-3-4-6-13-19-22-24(29-23(19)17-10-7-5-8-11-17)20(15-21(25)26-22)27(2)16-18-12-9-14-28-18/h5,7,9,12,14-15,17H,3-4,8,10-11,16H2,1-2H3. The van der Waals surface area contributed by atoms with E-state index in [-0.39, 0.29) is 0 Å². The average Bonchev–Trinajstić information content (AvgIpc) is 3.36. The van der Waals surface area contributed by atoms with Gasteiger partial charge < -0.3 is 9.32 Å². The number of hydrogen-bond donors (Lipinski definition) is 0. The van der Waals surface area contributed by atoms with Crippen molar-refractivity contribution < 1.29 is 4.42 Å². The highest BCUT2D eigenvalue weighted by Gasteiger charge is 2.24. The van der Waals surface area contributed by atoms with E-state index in [1.165, 1.54) is 4.88 Å². The van der Waals surface area contributed by atoms with Crippen LogP contribution in [0.15, 0.2) is 41.0 Å². The SMILES string of the molecule is CCCC#Cc1c(C2CC=CCC2)sc2c(N(C)Cc3ccco3)cc(Cl)nc12. The molecule has 3 nitrogen and oxygen atoms in total. The molecule has 0 saturated heterocycles. The molecule has 0 saturated carbocycles. The smallest absolute Gasteiger partial charge is 0.131 e. The summed E-state index contributed by atoms with van der Waals surface area (Å²) < 4.78 is 6.70. The summed E-state index contributed by atoms with van der Waals surface area (Å²) in [6.45, 7) is 2.84. The molecule has 3 aromatic rings. The molecule has 1 aliphatic carbocycles. The van der Waals surface area contributed by atoms with E-state index >= 15 is 0 Å². The van der Waals surface area contributed by atoms with Crippen LogP contribution in [0.5, 0.6) is 0 Å². The summed E-state index contributed by atoms with van der Waals surface area (Å²) >= 11 is 8.30. The summed E-state index contributed by atoms with van der Waals surface area (Å²) in [6, 6.07) is 5.86. The number of halogens is 1. The summed E-state index contributed by atoms with van der Waals surface area (Å²) in [7, 11) is 2.07. The second-order valence-electron chi connectivity index (χ2n) is 7.45. The molecule has 1 aliphatic rings. The van der Waals surface area contributed by atoms with Gasteiger partial charge in [-0.3, -0.25) is 0 Å². The second-order valence-corrected chi connectivity index (χ2v) is 8.89. The van der Waals surface area contributed by atoms with Gasteiger partial charge in [-0.1, -0.05) is 42.5 Å². The summed E-state index contributed by atoms with van der Waals surface area (Å²) in [5, 5.41) is 0.505. The first kappa shape index (κ1) is 20.1. The number of fused-ring (bicyclic) bond motifs is 1. The van der Waals surface area contributed by atoms with E-state index in [9.17, 15) is 0 Å². The fraction of sp³-hybridized carbons (Fsp3) is 0.375. The number of thiophene rings is 1. The molecule has 0 aliphatic heterocycles. The molecular formula is C24H25ClN2OS. The quantitative estimate of drug-likeness (QED) is 0.247. The first-order chi connectivity index (χ1) is 14.2. The summed E-state index contributed by atoms with van der Waals surface area (Å²) in [5.41, 5.74) is 3.10. The van der Waals surface area contributed by atoms with Crippen molar-refractivity contribution in [3.63, 3.8) is 0 Å². The van der Waals surface area contributed by atoms with Gasteiger partial charge in [0.05, 0.1) is 28.8 Å². The number of anilines is 1. The van der Waals surface area contributed by atoms with Crippen molar-refractivity contribution in [3.8, 4) is 11.8 Å². The van der Waals surface area contributed by atoms with E-state index in [2.05, 4.69) is 42.9 Å². The minimum Gasteiger partial charge on any atom is -0.467 e. The van der Waals surface area contributed by atoms with Crippen molar-refractivity contribution >= 4 is 38.8 Å². The number of allylic oxidation sites excluding steroid dienone is 2. The minimum absolute atomic E-state index is 0.505. The molecule has 0 radical (unpaired) electrons. The van der Waals surface area contributed by atoms with Crippen LogP contribution in [-0.4, -0.2) is 12.0 Å². The van der Waals surface area contributed by atoms with Gasteiger partial charge in [-0.15, -0.1) is 11.3 Å². The van der Waals surface area contributed by atoms with Crippen molar-refractivity contribution in [3.05, 3.63) is 58.0 Å². The summed E-state index contributed by atoms with van der Waals surface area (Å²) in [6.07, 6.45) is 11.6. The van der Waals surface area contributed by atoms with Gasteiger partial charge >= 0.3 is 0 Å². The molecule has 1 atom stereocenters. The lowest BCUT2D eigenvalue weighted by Gasteiger charge is -2.19. The highest BCUT2D eigenvalue weighted by atomic mass is 35.5. The molecule has 3 aromatic heterocycles. The van der Waals surface area contributed by atoms with E-state index in [0.717, 1.165) is 59.3 Å². The molecule has 0 bridgehead atoms. The van der Waals surface area contributed by atoms with Crippen LogP contribution in [0.3, 0.4) is 0 Å². The predicted octanol–water partition coefficient (Wildman–Crippen LogP) is 7.15. The van der Waals surface area contributed by atoms with Crippen LogP contribution < -0.4 is 4.90 Å². The number of furan rings is 1. The van der Waals surface area contributed by atoms with Crippen molar-refractivity contribution in [1.29, 1.82) is 0 Å². The van der Waals surface area contributed by atoms with Gasteiger partial charge in [0, 0.05) is 24.4 Å². The molecule has 0 aromatic carbocycles. The van der Waals surface area contributed by atoms with Crippen molar-refractivity contribution in [2.45, 2.75) is 51.5 Å². The molecule has 5 heteroatoms. The Bertz CT molecular complexity index is 1070. The third-order valence-corrected chi connectivity index (χ3v) is 6.79. The summed E-state index contributed by atoms with van der Waals surface area (Å²) in [5.74, 6) is 8.22. The first-order valence-corrected chi connectivity index (χ1v) is 11.4. The van der Waals surface area contributed by atoms with Gasteiger partial charge in [-0.25, -0.2) is 4.98 Å². The lowest BCUT2D eigenvalue weighted by molar-refractivity contribution is 0.508. The molecule has 3 heterocycles. The number of aromatic nitrogens is 1.